The maximum absolute atomic E-state index is 11.8. The van der Waals surface area contributed by atoms with E-state index in [4.69, 9.17) is 9.47 Å². The van der Waals surface area contributed by atoms with Gasteiger partial charge in [-0.3, -0.25) is 0 Å². The number of methoxy groups -OCH3 is 1. The standard InChI is InChI=1S/C11H21NO3.C4H10.H2/c1-4-5-15-11(10(13)14-3)6-9(2)7-12-8-11;1-4(2)3;/h9,12H,4-8H2,1-3H3;4H,1-3H3;1H/t9?,11-;;/m0../s1. The molecule has 0 aromatic heterocycles. The molecule has 1 heterocycles. The lowest BCUT2D eigenvalue weighted by molar-refractivity contribution is -0.174. The van der Waals surface area contributed by atoms with E-state index in [0.29, 0.717) is 19.1 Å². The molecule has 1 rings (SSSR count). The number of ether oxygens (including phenoxy) is 2. The van der Waals surface area contributed by atoms with Crippen molar-refractivity contribution in [3.8, 4) is 0 Å². The van der Waals surface area contributed by atoms with Gasteiger partial charge in [-0.15, -0.1) is 0 Å². The molecule has 19 heavy (non-hydrogen) atoms. The summed E-state index contributed by atoms with van der Waals surface area (Å²) in [4.78, 5) is 11.8. The smallest absolute Gasteiger partial charge is 0.339 e. The summed E-state index contributed by atoms with van der Waals surface area (Å²) in [6, 6.07) is 0. The first-order chi connectivity index (χ1) is 8.88. The third-order valence-corrected chi connectivity index (χ3v) is 2.72. The van der Waals surface area contributed by atoms with E-state index in [1.807, 2.05) is 6.92 Å². The van der Waals surface area contributed by atoms with E-state index in [1.165, 1.54) is 7.11 Å². The predicted molar refractivity (Wildman–Crippen MR) is 80.3 cm³/mol. The average Bonchev–Trinajstić information content (AvgIpc) is 2.34. The van der Waals surface area contributed by atoms with Gasteiger partial charge in [0.2, 0.25) is 0 Å². The lowest BCUT2D eigenvalue weighted by Crippen LogP contribution is -2.56. The van der Waals surface area contributed by atoms with E-state index in [0.717, 1.165) is 25.3 Å². The highest BCUT2D eigenvalue weighted by atomic mass is 16.6. The molecule has 1 unspecified atom stereocenters. The summed E-state index contributed by atoms with van der Waals surface area (Å²) >= 11 is 0. The van der Waals surface area contributed by atoms with Crippen molar-refractivity contribution in [1.29, 1.82) is 0 Å². The van der Waals surface area contributed by atoms with Crippen LogP contribution in [0.5, 0.6) is 0 Å². The van der Waals surface area contributed by atoms with Crippen LogP contribution < -0.4 is 5.32 Å². The molecule has 1 aliphatic heterocycles. The molecule has 1 N–H and O–H groups in total. The van der Waals surface area contributed by atoms with Gasteiger partial charge >= 0.3 is 5.97 Å². The number of piperidine rings is 1. The molecule has 4 nitrogen and oxygen atoms in total. The monoisotopic (exact) mass is 275 g/mol. The molecule has 1 saturated heterocycles. The van der Waals surface area contributed by atoms with Crippen LogP contribution in [0.2, 0.25) is 0 Å². The average molecular weight is 275 g/mol. The Morgan fingerprint density at radius 1 is 1.47 bits per heavy atom. The molecule has 1 aliphatic rings. The van der Waals surface area contributed by atoms with Crippen LogP contribution in [0.4, 0.5) is 0 Å². The molecule has 1 fully saturated rings. The van der Waals surface area contributed by atoms with E-state index in [1.54, 1.807) is 0 Å². The zero-order valence-corrected chi connectivity index (χ0v) is 13.4. The number of nitrogens with one attached hydrogen (secondary N) is 1. The van der Waals surface area contributed by atoms with Crippen molar-refractivity contribution >= 4 is 5.97 Å². The van der Waals surface area contributed by atoms with Crippen molar-refractivity contribution in [2.24, 2.45) is 11.8 Å². The fourth-order valence-electron chi connectivity index (χ4n) is 2.04. The Morgan fingerprint density at radius 3 is 2.47 bits per heavy atom. The number of rotatable bonds is 4. The molecular weight excluding hydrogens is 242 g/mol. The quantitative estimate of drug-likeness (QED) is 0.801. The second-order valence-corrected chi connectivity index (χ2v) is 6.01. The Hall–Kier alpha value is -0.610. The molecule has 0 bridgehead atoms. The van der Waals surface area contributed by atoms with E-state index in [2.05, 4.69) is 33.0 Å². The summed E-state index contributed by atoms with van der Waals surface area (Å²) in [6.07, 6.45) is 1.65. The number of carbonyl (C=O) groups is 1. The molecule has 0 aliphatic carbocycles. The highest BCUT2D eigenvalue weighted by Gasteiger charge is 2.43. The Kier molecular flexibility index (Phi) is 9.02. The molecule has 0 aromatic carbocycles. The Bertz CT molecular complexity index is 259. The molecule has 0 radical (unpaired) electrons. The summed E-state index contributed by atoms with van der Waals surface area (Å²) in [5, 5.41) is 3.22. The number of hydrogen-bond acceptors (Lipinski definition) is 4. The lowest BCUT2D eigenvalue weighted by Gasteiger charge is -2.37. The van der Waals surface area contributed by atoms with Crippen molar-refractivity contribution in [3.63, 3.8) is 0 Å². The lowest BCUT2D eigenvalue weighted by atomic mass is 9.87. The van der Waals surface area contributed by atoms with Crippen molar-refractivity contribution < 1.29 is 15.7 Å². The predicted octanol–water partition coefficient (Wildman–Crippen LogP) is 2.86. The number of carbonyl (C=O) groups excluding carboxylic acids is 1. The molecular formula is C15H33NO3. The summed E-state index contributed by atoms with van der Waals surface area (Å²) < 4.78 is 10.5. The Morgan fingerprint density at radius 2 is 2.05 bits per heavy atom. The van der Waals surface area contributed by atoms with Crippen molar-refractivity contribution in [1.82, 2.24) is 5.32 Å². The minimum Gasteiger partial charge on any atom is -0.467 e. The molecule has 0 saturated carbocycles. The Balaban J connectivity index is 0. The number of esters is 1. The van der Waals surface area contributed by atoms with Gasteiger partial charge in [-0.05, 0) is 31.2 Å². The van der Waals surface area contributed by atoms with E-state index in [-0.39, 0.29) is 7.40 Å². The first-order valence-corrected chi connectivity index (χ1v) is 7.31. The van der Waals surface area contributed by atoms with Crippen LogP contribution in [0.15, 0.2) is 0 Å². The van der Waals surface area contributed by atoms with Crippen molar-refractivity contribution in [3.05, 3.63) is 0 Å². The van der Waals surface area contributed by atoms with Crippen LogP contribution in [0.1, 0.15) is 48.9 Å². The molecule has 0 spiro atoms. The maximum atomic E-state index is 11.8. The topological polar surface area (TPSA) is 47.6 Å². The van der Waals surface area contributed by atoms with Crippen LogP contribution in [-0.4, -0.2) is 38.4 Å². The summed E-state index contributed by atoms with van der Waals surface area (Å²) in [5.74, 6) is 1.02. The van der Waals surface area contributed by atoms with Gasteiger partial charge in [0.1, 0.15) is 0 Å². The fourth-order valence-corrected chi connectivity index (χ4v) is 2.04. The summed E-state index contributed by atoms with van der Waals surface area (Å²) in [6.45, 7) is 12.7. The molecule has 0 aromatic rings. The second-order valence-electron chi connectivity index (χ2n) is 6.01. The molecule has 4 heteroatoms. The van der Waals surface area contributed by atoms with Crippen molar-refractivity contribution in [2.75, 3.05) is 26.8 Å². The van der Waals surface area contributed by atoms with Gasteiger partial charge in [0.05, 0.1) is 7.11 Å². The van der Waals surface area contributed by atoms with Gasteiger partial charge in [-0.1, -0.05) is 34.6 Å². The Labute approximate surface area is 119 Å². The minimum atomic E-state index is -0.761. The van der Waals surface area contributed by atoms with Crippen LogP contribution in [0.3, 0.4) is 0 Å². The van der Waals surface area contributed by atoms with Crippen LogP contribution in [-0.2, 0) is 14.3 Å². The highest BCUT2D eigenvalue weighted by Crippen LogP contribution is 2.26. The third-order valence-electron chi connectivity index (χ3n) is 2.72. The number of hydrogen-bond donors (Lipinski definition) is 1. The summed E-state index contributed by atoms with van der Waals surface area (Å²) in [7, 11) is 1.42. The van der Waals surface area contributed by atoms with Gasteiger partial charge in [-0.2, -0.15) is 0 Å². The van der Waals surface area contributed by atoms with Gasteiger partial charge in [0.15, 0.2) is 5.60 Å². The minimum absolute atomic E-state index is 0. The van der Waals surface area contributed by atoms with Crippen molar-refractivity contribution in [2.45, 2.75) is 53.1 Å². The van der Waals surface area contributed by atoms with E-state index in [9.17, 15) is 4.79 Å². The summed E-state index contributed by atoms with van der Waals surface area (Å²) in [5.41, 5.74) is -0.761. The molecule has 2 atom stereocenters. The van der Waals surface area contributed by atoms with Gasteiger partial charge in [0, 0.05) is 14.6 Å². The van der Waals surface area contributed by atoms with Crippen LogP contribution in [0.25, 0.3) is 0 Å². The zero-order chi connectivity index (χ0) is 14.9. The van der Waals surface area contributed by atoms with Gasteiger partial charge < -0.3 is 14.8 Å². The van der Waals surface area contributed by atoms with Gasteiger partial charge in [-0.25, -0.2) is 4.79 Å². The van der Waals surface area contributed by atoms with E-state index >= 15 is 0 Å². The maximum Gasteiger partial charge on any atom is 0.339 e. The van der Waals surface area contributed by atoms with Crippen LogP contribution >= 0.6 is 0 Å². The molecule has 0 amide bonds. The molecule has 116 valence electrons. The fraction of sp³-hybridized carbons (Fsp3) is 0.933. The highest BCUT2D eigenvalue weighted by molar-refractivity contribution is 5.80. The van der Waals surface area contributed by atoms with Crippen LogP contribution in [0, 0.1) is 11.8 Å². The second kappa shape index (κ2) is 9.32. The SMILES string of the molecule is CC(C)C.CCCO[C@]1(C(=O)OC)CNCC(C)C1.[HH]. The first kappa shape index (κ1) is 18.4. The third kappa shape index (κ3) is 6.92. The largest absolute Gasteiger partial charge is 0.467 e. The zero-order valence-electron chi connectivity index (χ0n) is 13.4. The van der Waals surface area contributed by atoms with Gasteiger partial charge in [0.25, 0.3) is 0 Å². The normalized spacial score (nSPS) is 26.6. The van der Waals surface area contributed by atoms with E-state index < -0.39 is 5.60 Å². The first-order valence-electron chi connectivity index (χ1n) is 7.31.